The normalized spacial score (nSPS) is 22.7. The predicted octanol–water partition coefficient (Wildman–Crippen LogP) is 1.80. The van der Waals surface area contributed by atoms with Crippen LogP contribution in [0.1, 0.15) is 36.9 Å². The van der Waals surface area contributed by atoms with Gasteiger partial charge in [0.05, 0.1) is 13.2 Å². The summed E-state index contributed by atoms with van der Waals surface area (Å²) in [6.45, 7) is 6.78. The molecule has 1 fully saturated rings. The maximum atomic E-state index is 6.25. The van der Waals surface area contributed by atoms with Crippen LogP contribution < -0.4 is 11.1 Å². The van der Waals surface area contributed by atoms with Gasteiger partial charge < -0.3 is 15.8 Å². The van der Waals surface area contributed by atoms with Gasteiger partial charge in [-0.3, -0.25) is 0 Å². The summed E-state index contributed by atoms with van der Waals surface area (Å²) in [6.07, 6.45) is 0. The molecule has 1 aromatic rings. The van der Waals surface area contributed by atoms with Crippen molar-refractivity contribution in [1.29, 1.82) is 0 Å². The van der Waals surface area contributed by atoms with E-state index in [1.54, 1.807) is 0 Å². The fraction of sp³-hybridized carbons (Fsp3) is 0.571. The van der Waals surface area contributed by atoms with Crippen LogP contribution >= 0.6 is 0 Å². The Morgan fingerprint density at radius 3 is 2.41 bits per heavy atom. The van der Waals surface area contributed by atoms with E-state index >= 15 is 0 Å². The smallest absolute Gasteiger partial charge is 0.0638 e. The van der Waals surface area contributed by atoms with Crippen LogP contribution in [0.15, 0.2) is 24.3 Å². The lowest BCUT2D eigenvalue weighted by molar-refractivity contribution is 0.0685. The minimum atomic E-state index is 0.0107. The molecule has 1 aliphatic heterocycles. The van der Waals surface area contributed by atoms with Crippen LogP contribution in [-0.2, 0) is 4.74 Å². The molecular weight excluding hydrogens is 212 g/mol. The highest BCUT2D eigenvalue weighted by Gasteiger charge is 2.21. The lowest BCUT2D eigenvalue weighted by Gasteiger charge is -2.29. The molecule has 0 bridgehead atoms. The summed E-state index contributed by atoms with van der Waals surface area (Å²) in [4.78, 5) is 0. The Morgan fingerprint density at radius 1 is 1.24 bits per heavy atom. The SMILES string of the molecule is CC(C)c1ccc(C(N)C2COCCN2)cc1. The molecule has 0 saturated carbocycles. The van der Waals surface area contributed by atoms with Crippen LogP contribution in [0.4, 0.5) is 0 Å². The largest absolute Gasteiger partial charge is 0.378 e. The van der Waals surface area contributed by atoms with Gasteiger partial charge in [0.15, 0.2) is 0 Å². The second-order valence-electron chi connectivity index (χ2n) is 4.98. The standard InChI is InChI=1S/C14H22N2O/c1-10(2)11-3-5-12(6-4-11)14(15)13-9-17-8-7-16-13/h3-6,10,13-14,16H,7-9,15H2,1-2H3. The topological polar surface area (TPSA) is 47.3 Å². The highest BCUT2D eigenvalue weighted by Crippen LogP contribution is 2.20. The van der Waals surface area contributed by atoms with Crippen LogP contribution in [0.2, 0.25) is 0 Å². The predicted molar refractivity (Wildman–Crippen MR) is 70.1 cm³/mol. The second kappa shape index (κ2) is 5.63. The molecule has 1 aromatic carbocycles. The van der Waals surface area contributed by atoms with Gasteiger partial charge in [0.2, 0.25) is 0 Å². The van der Waals surface area contributed by atoms with E-state index in [1.807, 2.05) is 0 Å². The third-order valence-electron chi connectivity index (χ3n) is 3.37. The quantitative estimate of drug-likeness (QED) is 0.838. The molecule has 1 heterocycles. The minimum Gasteiger partial charge on any atom is -0.378 e. The maximum Gasteiger partial charge on any atom is 0.0638 e. The Labute approximate surface area is 103 Å². The molecule has 2 atom stereocenters. The lowest BCUT2D eigenvalue weighted by Crippen LogP contribution is -2.47. The third kappa shape index (κ3) is 3.06. The zero-order valence-corrected chi connectivity index (χ0v) is 10.6. The molecule has 0 radical (unpaired) electrons. The van der Waals surface area contributed by atoms with Gasteiger partial charge in [-0.1, -0.05) is 38.1 Å². The molecule has 3 nitrogen and oxygen atoms in total. The molecule has 1 aliphatic rings. The monoisotopic (exact) mass is 234 g/mol. The van der Waals surface area contributed by atoms with E-state index in [4.69, 9.17) is 10.5 Å². The van der Waals surface area contributed by atoms with Crippen LogP contribution in [0.3, 0.4) is 0 Å². The van der Waals surface area contributed by atoms with E-state index in [9.17, 15) is 0 Å². The van der Waals surface area contributed by atoms with Gasteiger partial charge in [-0.05, 0) is 17.0 Å². The first-order chi connectivity index (χ1) is 8.18. The molecule has 0 amide bonds. The number of hydrogen-bond donors (Lipinski definition) is 2. The molecule has 3 heteroatoms. The third-order valence-corrected chi connectivity index (χ3v) is 3.37. The van der Waals surface area contributed by atoms with Crippen LogP contribution in [0.25, 0.3) is 0 Å². The van der Waals surface area contributed by atoms with Gasteiger partial charge in [-0.25, -0.2) is 0 Å². The Morgan fingerprint density at radius 2 is 1.88 bits per heavy atom. The van der Waals surface area contributed by atoms with Crippen LogP contribution in [0.5, 0.6) is 0 Å². The minimum absolute atomic E-state index is 0.0107. The summed E-state index contributed by atoms with van der Waals surface area (Å²) in [5.74, 6) is 0.566. The average Bonchev–Trinajstić information content (AvgIpc) is 2.39. The summed E-state index contributed by atoms with van der Waals surface area (Å²) in [5.41, 5.74) is 8.79. The number of ether oxygens (including phenoxy) is 1. The van der Waals surface area contributed by atoms with Crippen molar-refractivity contribution in [2.45, 2.75) is 31.8 Å². The van der Waals surface area contributed by atoms with E-state index in [2.05, 4.69) is 43.4 Å². The first kappa shape index (κ1) is 12.6. The number of rotatable bonds is 3. The molecule has 2 rings (SSSR count). The summed E-state index contributed by atoms with van der Waals surface area (Å²) < 4.78 is 5.44. The van der Waals surface area contributed by atoms with E-state index in [1.165, 1.54) is 11.1 Å². The van der Waals surface area contributed by atoms with Gasteiger partial charge in [-0.2, -0.15) is 0 Å². The zero-order chi connectivity index (χ0) is 12.3. The highest BCUT2D eigenvalue weighted by atomic mass is 16.5. The molecule has 1 saturated heterocycles. The maximum absolute atomic E-state index is 6.25. The zero-order valence-electron chi connectivity index (χ0n) is 10.6. The van der Waals surface area contributed by atoms with Crippen molar-refractivity contribution in [3.05, 3.63) is 35.4 Å². The lowest BCUT2D eigenvalue weighted by atomic mass is 9.96. The number of nitrogens with two attached hydrogens (primary N) is 1. The van der Waals surface area contributed by atoms with Crippen molar-refractivity contribution >= 4 is 0 Å². The number of benzene rings is 1. The Hall–Kier alpha value is -0.900. The highest BCUT2D eigenvalue weighted by molar-refractivity contribution is 5.27. The van der Waals surface area contributed by atoms with Crippen LogP contribution in [-0.4, -0.2) is 25.8 Å². The van der Waals surface area contributed by atoms with E-state index in [0.717, 1.165) is 13.2 Å². The Bertz CT molecular complexity index is 342. The van der Waals surface area contributed by atoms with Crippen molar-refractivity contribution in [1.82, 2.24) is 5.32 Å². The molecule has 0 aliphatic carbocycles. The van der Waals surface area contributed by atoms with E-state index < -0.39 is 0 Å². The molecule has 17 heavy (non-hydrogen) atoms. The fourth-order valence-electron chi connectivity index (χ4n) is 2.15. The van der Waals surface area contributed by atoms with Crippen molar-refractivity contribution < 1.29 is 4.74 Å². The molecule has 3 N–H and O–H groups in total. The van der Waals surface area contributed by atoms with E-state index in [-0.39, 0.29) is 12.1 Å². The molecular formula is C14H22N2O. The first-order valence-electron chi connectivity index (χ1n) is 6.35. The summed E-state index contributed by atoms with van der Waals surface area (Å²) in [6, 6.07) is 8.85. The van der Waals surface area contributed by atoms with Crippen LogP contribution in [0, 0.1) is 0 Å². The average molecular weight is 234 g/mol. The summed E-state index contributed by atoms with van der Waals surface area (Å²) >= 11 is 0. The first-order valence-corrected chi connectivity index (χ1v) is 6.35. The van der Waals surface area contributed by atoms with Crippen molar-refractivity contribution in [2.75, 3.05) is 19.8 Å². The van der Waals surface area contributed by atoms with Gasteiger partial charge in [0.1, 0.15) is 0 Å². The summed E-state index contributed by atoms with van der Waals surface area (Å²) in [7, 11) is 0. The van der Waals surface area contributed by atoms with Gasteiger partial charge in [0, 0.05) is 18.6 Å². The van der Waals surface area contributed by atoms with Gasteiger partial charge in [0.25, 0.3) is 0 Å². The summed E-state index contributed by atoms with van der Waals surface area (Å²) in [5, 5.41) is 3.40. The Kier molecular flexibility index (Phi) is 4.15. The number of morpholine rings is 1. The fourth-order valence-corrected chi connectivity index (χ4v) is 2.15. The van der Waals surface area contributed by atoms with Gasteiger partial charge >= 0.3 is 0 Å². The molecule has 94 valence electrons. The molecule has 0 aromatic heterocycles. The Balaban J connectivity index is 2.05. The van der Waals surface area contributed by atoms with Crippen molar-refractivity contribution in [3.63, 3.8) is 0 Å². The van der Waals surface area contributed by atoms with Gasteiger partial charge in [-0.15, -0.1) is 0 Å². The van der Waals surface area contributed by atoms with E-state index in [0.29, 0.717) is 12.5 Å². The second-order valence-corrected chi connectivity index (χ2v) is 4.98. The number of hydrogen-bond acceptors (Lipinski definition) is 3. The van der Waals surface area contributed by atoms with Crippen molar-refractivity contribution in [3.8, 4) is 0 Å². The molecule has 0 spiro atoms. The van der Waals surface area contributed by atoms with Crippen molar-refractivity contribution in [2.24, 2.45) is 5.73 Å². The molecule has 2 unspecified atom stereocenters. The number of nitrogens with one attached hydrogen (secondary N) is 1.